The number of carboxylic acids is 1. The van der Waals surface area contributed by atoms with Crippen molar-refractivity contribution in [2.45, 2.75) is 44.7 Å². The van der Waals surface area contributed by atoms with Crippen LogP contribution in [0.1, 0.15) is 53.7 Å². The Hall–Kier alpha value is -5.18. The molecule has 0 saturated heterocycles. The molecule has 3 aromatic carbocycles. The normalized spacial score (nSPS) is 15.5. The monoisotopic (exact) mass is 578 g/mol. The molecular weight excluding hydrogens is 544 g/mol. The topological polar surface area (TPSA) is 126 Å². The quantitative estimate of drug-likeness (QED) is 0.216. The molecule has 0 saturated carbocycles. The summed E-state index contributed by atoms with van der Waals surface area (Å²) in [6.45, 7) is 2.14. The molecule has 0 bridgehead atoms. The largest absolute Gasteiger partial charge is 0.490 e. The van der Waals surface area contributed by atoms with Gasteiger partial charge < -0.3 is 20.5 Å². The van der Waals surface area contributed by atoms with E-state index in [9.17, 15) is 19.5 Å². The van der Waals surface area contributed by atoms with Gasteiger partial charge in [-0.3, -0.25) is 19.3 Å². The molecule has 9 nitrogen and oxygen atoms in total. The van der Waals surface area contributed by atoms with Gasteiger partial charge in [0.2, 0.25) is 0 Å². The number of nitrogens with zero attached hydrogens (tertiary/aromatic N) is 3. The number of carboxylic acid groups (broad SMARTS) is 1. The second-order valence-electron chi connectivity index (χ2n) is 10.5. The molecule has 4 aromatic rings. The van der Waals surface area contributed by atoms with Gasteiger partial charge in [-0.25, -0.2) is 4.98 Å². The van der Waals surface area contributed by atoms with Gasteiger partial charge in [-0.15, -0.1) is 0 Å². The van der Waals surface area contributed by atoms with Crippen LogP contribution in [0.25, 0.3) is 0 Å². The Morgan fingerprint density at radius 2 is 1.70 bits per heavy atom. The third-order valence-corrected chi connectivity index (χ3v) is 7.49. The van der Waals surface area contributed by atoms with Gasteiger partial charge in [0.1, 0.15) is 6.04 Å². The molecule has 2 heterocycles. The number of nitrogen functional groups attached to an aromatic ring is 1. The number of fused-ring (bicyclic) bond motifs is 1. The van der Waals surface area contributed by atoms with E-state index in [-0.39, 0.29) is 18.2 Å². The van der Waals surface area contributed by atoms with E-state index >= 15 is 0 Å². The van der Waals surface area contributed by atoms with Crippen LogP contribution in [0.15, 0.2) is 97.2 Å². The third-order valence-electron chi connectivity index (χ3n) is 7.49. The summed E-state index contributed by atoms with van der Waals surface area (Å²) in [5, 5.41) is 9.64. The molecule has 2 unspecified atom stereocenters. The van der Waals surface area contributed by atoms with Crippen LogP contribution in [0.3, 0.4) is 0 Å². The average Bonchev–Trinajstić information content (AvgIpc) is 3.10. The predicted octanol–water partition coefficient (Wildman–Crippen LogP) is 5.79. The summed E-state index contributed by atoms with van der Waals surface area (Å²) in [5.74, 6) is -0.872. The molecule has 2 amide bonds. The minimum Gasteiger partial charge on any atom is -0.490 e. The van der Waals surface area contributed by atoms with E-state index in [1.165, 1.54) is 4.90 Å². The number of ether oxygens (including phenoxy) is 1. The number of rotatable bonds is 11. The molecule has 1 aromatic heterocycles. The number of aliphatic carboxylic acids is 1. The highest BCUT2D eigenvalue weighted by atomic mass is 16.5. The fraction of sp³-hybridized carbons (Fsp3) is 0.235. The van der Waals surface area contributed by atoms with Gasteiger partial charge in [0.05, 0.1) is 24.3 Å². The van der Waals surface area contributed by atoms with Gasteiger partial charge >= 0.3 is 5.97 Å². The number of nitrogens with two attached hydrogens (primary N) is 1. The number of amides is 2. The maximum atomic E-state index is 14.5. The fourth-order valence-corrected chi connectivity index (χ4v) is 5.45. The fourth-order valence-electron chi connectivity index (χ4n) is 5.45. The van der Waals surface area contributed by atoms with Crippen molar-refractivity contribution in [2.24, 2.45) is 0 Å². The lowest BCUT2D eigenvalue weighted by Crippen LogP contribution is -2.46. The first kappa shape index (κ1) is 29.3. The molecule has 1 aliphatic heterocycles. The van der Waals surface area contributed by atoms with Crippen LogP contribution in [-0.4, -0.2) is 45.4 Å². The molecule has 43 heavy (non-hydrogen) atoms. The summed E-state index contributed by atoms with van der Waals surface area (Å²) in [4.78, 5) is 47.7. The molecule has 0 aliphatic carbocycles. The van der Waals surface area contributed by atoms with Crippen LogP contribution in [-0.2, 0) is 16.0 Å². The summed E-state index contributed by atoms with van der Waals surface area (Å²) < 4.78 is 5.76. The summed E-state index contributed by atoms with van der Waals surface area (Å²) in [6, 6.07) is 25.6. The molecule has 0 fully saturated rings. The van der Waals surface area contributed by atoms with E-state index in [2.05, 4.69) is 4.98 Å². The van der Waals surface area contributed by atoms with Crippen LogP contribution < -0.4 is 15.4 Å². The first-order valence-corrected chi connectivity index (χ1v) is 14.3. The van der Waals surface area contributed by atoms with Crippen molar-refractivity contribution in [1.29, 1.82) is 0 Å². The van der Waals surface area contributed by atoms with Gasteiger partial charge in [-0.1, -0.05) is 54.6 Å². The third kappa shape index (κ3) is 6.51. The maximum absolute atomic E-state index is 14.5. The van der Waals surface area contributed by atoms with E-state index in [1.807, 2.05) is 66.7 Å². The van der Waals surface area contributed by atoms with Crippen molar-refractivity contribution in [1.82, 2.24) is 9.88 Å². The van der Waals surface area contributed by atoms with Crippen LogP contribution in [0.5, 0.6) is 5.75 Å². The van der Waals surface area contributed by atoms with Crippen molar-refractivity contribution < 1.29 is 24.2 Å². The number of hydrogen-bond acceptors (Lipinski definition) is 6. The Bertz CT molecular complexity index is 1600. The molecule has 0 spiro atoms. The number of para-hydroxylation sites is 1. The smallest absolute Gasteiger partial charge is 0.305 e. The van der Waals surface area contributed by atoms with Gasteiger partial charge in [0.15, 0.2) is 11.6 Å². The van der Waals surface area contributed by atoms with Gasteiger partial charge in [0, 0.05) is 17.9 Å². The van der Waals surface area contributed by atoms with Crippen molar-refractivity contribution in [3.8, 4) is 5.75 Å². The summed E-state index contributed by atoms with van der Waals surface area (Å²) in [7, 11) is 0. The summed E-state index contributed by atoms with van der Waals surface area (Å²) in [6.07, 6.45) is 3.54. The van der Waals surface area contributed by atoms with Crippen LogP contribution in [0.2, 0.25) is 0 Å². The molecule has 2 atom stereocenters. The predicted molar refractivity (Wildman–Crippen MR) is 164 cm³/mol. The van der Waals surface area contributed by atoms with Crippen molar-refractivity contribution in [3.05, 3.63) is 114 Å². The second kappa shape index (κ2) is 13.2. The number of pyridine rings is 1. The number of hydrogen-bond donors (Lipinski definition) is 2. The first-order chi connectivity index (χ1) is 20.8. The van der Waals surface area contributed by atoms with Gasteiger partial charge in [-0.2, -0.15) is 0 Å². The summed E-state index contributed by atoms with van der Waals surface area (Å²) in [5.41, 5.74) is 8.83. The summed E-state index contributed by atoms with van der Waals surface area (Å²) >= 11 is 0. The standard InChI is InChI=1S/C34H34N4O5/c1-23(21-30(39)40)37-31(25-12-4-2-5-13-25)34(42)38(26-14-6-3-7-15-26)28-18-17-24(22-27(28)33(37)41)11-8-9-20-43-29-16-10-19-36-32(29)35/h2-7,10,12-19,22-23,31H,8-9,11,20-21H2,1H3,(H2,35,36)(H,39,40). The Morgan fingerprint density at radius 3 is 2.40 bits per heavy atom. The number of carbonyl (C=O) groups is 3. The number of benzene rings is 3. The average molecular weight is 579 g/mol. The molecule has 0 radical (unpaired) electrons. The second-order valence-corrected chi connectivity index (χ2v) is 10.5. The van der Waals surface area contributed by atoms with Gasteiger partial charge in [-0.05, 0) is 73.7 Å². The minimum atomic E-state index is -1.05. The highest BCUT2D eigenvalue weighted by Crippen LogP contribution is 2.40. The SMILES string of the molecule is CC(CC(=O)O)N1C(=O)c2cc(CCCCOc3cccnc3N)ccc2N(c2ccccc2)C(=O)C1c1ccccc1. The van der Waals surface area contributed by atoms with Crippen LogP contribution >= 0.6 is 0 Å². The molecule has 220 valence electrons. The zero-order valence-corrected chi connectivity index (χ0v) is 23.9. The first-order valence-electron chi connectivity index (χ1n) is 14.3. The van der Waals surface area contributed by atoms with E-state index in [0.717, 1.165) is 18.4 Å². The highest BCUT2D eigenvalue weighted by molar-refractivity contribution is 6.14. The van der Waals surface area contributed by atoms with E-state index < -0.39 is 18.1 Å². The molecule has 5 rings (SSSR count). The zero-order chi connectivity index (χ0) is 30.3. The molecule has 3 N–H and O–H groups in total. The van der Waals surface area contributed by atoms with E-state index in [0.29, 0.717) is 47.1 Å². The van der Waals surface area contributed by atoms with Crippen LogP contribution in [0.4, 0.5) is 17.2 Å². The molecule has 1 aliphatic rings. The van der Waals surface area contributed by atoms with Crippen molar-refractivity contribution in [3.63, 3.8) is 0 Å². The maximum Gasteiger partial charge on any atom is 0.305 e. The number of unbranched alkanes of at least 4 members (excludes halogenated alkanes) is 1. The Kier molecular flexibility index (Phi) is 9.00. The van der Waals surface area contributed by atoms with E-state index in [4.69, 9.17) is 10.5 Å². The number of aromatic nitrogens is 1. The number of aryl methyl sites for hydroxylation is 1. The molecule has 9 heteroatoms. The zero-order valence-electron chi connectivity index (χ0n) is 23.9. The van der Waals surface area contributed by atoms with Crippen molar-refractivity contribution >= 4 is 35.0 Å². The lowest BCUT2D eigenvalue weighted by atomic mass is 10.00. The Balaban J connectivity index is 1.49. The minimum absolute atomic E-state index is 0.301. The van der Waals surface area contributed by atoms with E-state index in [1.54, 1.807) is 42.3 Å². The van der Waals surface area contributed by atoms with Gasteiger partial charge in [0.25, 0.3) is 11.8 Å². The highest BCUT2D eigenvalue weighted by Gasteiger charge is 2.43. The number of anilines is 3. The Labute approximate surface area is 250 Å². The lowest BCUT2D eigenvalue weighted by Gasteiger charge is -2.35. The molecular formula is C34H34N4O5. The Morgan fingerprint density at radius 1 is 0.977 bits per heavy atom. The van der Waals surface area contributed by atoms with Crippen LogP contribution in [0, 0.1) is 0 Å². The number of carbonyl (C=O) groups excluding carboxylic acids is 2. The van der Waals surface area contributed by atoms with Crippen molar-refractivity contribution in [2.75, 3.05) is 17.2 Å². The lowest BCUT2D eigenvalue weighted by molar-refractivity contribution is -0.138.